The molecule has 1 amide bonds. The summed E-state index contributed by atoms with van der Waals surface area (Å²) in [4.78, 5) is 16.3. The highest BCUT2D eigenvalue weighted by Gasteiger charge is 2.27. The van der Waals surface area contributed by atoms with Crippen LogP contribution in [0.1, 0.15) is 5.69 Å². The quantitative estimate of drug-likeness (QED) is 0.590. The van der Waals surface area contributed by atoms with Gasteiger partial charge in [-0.2, -0.15) is 5.10 Å². The molecule has 2 aromatic carbocycles. The van der Waals surface area contributed by atoms with Gasteiger partial charge >= 0.3 is 0 Å². The lowest BCUT2D eigenvalue weighted by Crippen LogP contribution is -2.42. The summed E-state index contributed by atoms with van der Waals surface area (Å²) < 4.78 is 11.5. The van der Waals surface area contributed by atoms with Crippen LogP contribution in [-0.2, 0) is 4.79 Å². The molecule has 3 aromatic rings. The summed E-state index contributed by atoms with van der Waals surface area (Å²) in [5, 5.41) is 5.99. The molecule has 0 aliphatic carbocycles. The van der Waals surface area contributed by atoms with Gasteiger partial charge in [0, 0.05) is 6.20 Å². The number of aromatic nitrogens is 1. The van der Waals surface area contributed by atoms with Gasteiger partial charge in [0.25, 0.3) is 5.91 Å². The average Bonchev–Trinajstić information content (AvgIpc) is 2.66. The highest BCUT2D eigenvalue weighted by Crippen LogP contribution is 2.35. The highest BCUT2D eigenvalue weighted by atomic mass is 16.6. The van der Waals surface area contributed by atoms with Crippen LogP contribution in [0.3, 0.4) is 0 Å². The Labute approximate surface area is 144 Å². The first-order valence-corrected chi connectivity index (χ1v) is 7.86. The molecule has 0 bridgehead atoms. The van der Waals surface area contributed by atoms with E-state index in [2.05, 4.69) is 15.5 Å². The number of rotatable bonds is 3. The van der Waals surface area contributed by atoms with E-state index in [1.807, 2.05) is 48.5 Å². The van der Waals surface area contributed by atoms with Gasteiger partial charge in [-0.25, -0.2) is 5.43 Å². The number of hydrogen-bond acceptors (Lipinski definition) is 5. The predicted octanol–water partition coefficient (Wildman–Crippen LogP) is 2.52. The zero-order valence-corrected chi connectivity index (χ0v) is 13.3. The molecule has 6 nitrogen and oxygen atoms in total. The van der Waals surface area contributed by atoms with Crippen LogP contribution >= 0.6 is 0 Å². The topological polar surface area (TPSA) is 72.8 Å². The maximum absolute atomic E-state index is 12.2. The first-order valence-electron chi connectivity index (χ1n) is 7.86. The molecule has 0 spiro atoms. The van der Waals surface area contributed by atoms with Crippen LogP contribution in [0.2, 0.25) is 0 Å². The molecule has 1 atom stereocenters. The van der Waals surface area contributed by atoms with E-state index in [9.17, 15) is 4.79 Å². The number of benzene rings is 2. The summed E-state index contributed by atoms with van der Waals surface area (Å²) in [7, 11) is 0. The van der Waals surface area contributed by atoms with Crippen LogP contribution in [0.5, 0.6) is 11.5 Å². The number of hydrogen-bond donors (Lipinski definition) is 1. The molecule has 25 heavy (non-hydrogen) atoms. The van der Waals surface area contributed by atoms with Crippen molar-refractivity contribution in [2.45, 2.75) is 6.10 Å². The fourth-order valence-electron chi connectivity index (χ4n) is 2.57. The van der Waals surface area contributed by atoms with Crippen molar-refractivity contribution in [2.24, 2.45) is 5.10 Å². The summed E-state index contributed by atoms with van der Waals surface area (Å²) in [6, 6.07) is 17.1. The van der Waals surface area contributed by atoms with Crippen LogP contribution in [0.4, 0.5) is 0 Å². The van der Waals surface area contributed by atoms with Crippen LogP contribution in [0.25, 0.3) is 10.8 Å². The maximum atomic E-state index is 12.2. The van der Waals surface area contributed by atoms with Crippen molar-refractivity contribution in [3.63, 3.8) is 0 Å². The van der Waals surface area contributed by atoms with Gasteiger partial charge in [0.15, 0.2) is 11.5 Å². The molecule has 2 heterocycles. The van der Waals surface area contributed by atoms with Gasteiger partial charge in [0.1, 0.15) is 6.61 Å². The average molecular weight is 333 g/mol. The molecule has 0 saturated heterocycles. The van der Waals surface area contributed by atoms with Crippen molar-refractivity contribution in [1.82, 2.24) is 10.4 Å². The van der Waals surface area contributed by atoms with E-state index in [-0.39, 0.29) is 12.5 Å². The lowest BCUT2D eigenvalue weighted by Gasteiger charge is -2.25. The van der Waals surface area contributed by atoms with Crippen LogP contribution < -0.4 is 14.9 Å². The van der Waals surface area contributed by atoms with Crippen molar-refractivity contribution in [3.05, 3.63) is 66.5 Å². The van der Waals surface area contributed by atoms with Gasteiger partial charge in [-0.15, -0.1) is 0 Å². The Morgan fingerprint density at radius 3 is 2.64 bits per heavy atom. The summed E-state index contributed by atoms with van der Waals surface area (Å²) in [5.74, 6) is 0.824. The van der Waals surface area contributed by atoms with E-state index >= 15 is 0 Å². The summed E-state index contributed by atoms with van der Waals surface area (Å²) in [5.41, 5.74) is 3.11. The largest absolute Gasteiger partial charge is 0.485 e. The van der Waals surface area contributed by atoms with E-state index in [1.165, 1.54) is 6.21 Å². The van der Waals surface area contributed by atoms with Gasteiger partial charge in [0.2, 0.25) is 6.10 Å². The van der Waals surface area contributed by atoms with Crippen molar-refractivity contribution < 1.29 is 14.3 Å². The van der Waals surface area contributed by atoms with Gasteiger partial charge < -0.3 is 9.47 Å². The molecule has 1 aromatic heterocycles. The van der Waals surface area contributed by atoms with E-state index in [0.29, 0.717) is 17.2 Å². The first-order chi connectivity index (χ1) is 12.3. The Morgan fingerprint density at radius 2 is 1.88 bits per heavy atom. The normalized spacial score (nSPS) is 16.1. The number of nitrogens with zero attached hydrogens (tertiary/aromatic N) is 2. The Bertz CT molecular complexity index is 941. The second kappa shape index (κ2) is 6.60. The van der Waals surface area contributed by atoms with Crippen molar-refractivity contribution >= 4 is 22.9 Å². The second-order valence-corrected chi connectivity index (χ2v) is 5.55. The molecule has 1 aliphatic heterocycles. The third kappa shape index (κ3) is 3.28. The molecule has 0 fully saturated rings. The molecule has 124 valence electrons. The zero-order chi connectivity index (χ0) is 17.1. The molecule has 0 saturated carbocycles. The number of hydrazone groups is 1. The van der Waals surface area contributed by atoms with E-state index < -0.39 is 6.10 Å². The Hall–Kier alpha value is -3.41. The number of amides is 1. The summed E-state index contributed by atoms with van der Waals surface area (Å²) in [6.07, 6.45) is 2.38. The van der Waals surface area contributed by atoms with E-state index in [4.69, 9.17) is 9.47 Å². The van der Waals surface area contributed by atoms with Gasteiger partial charge in [-0.05, 0) is 35.0 Å². The second-order valence-electron chi connectivity index (χ2n) is 5.55. The fraction of sp³-hybridized carbons (Fsp3) is 0.105. The van der Waals surface area contributed by atoms with Crippen molar-refractivity contribution in [2.75, 3.05) is 6.61 Å². The third-order valence-electron chi connectivity index (χ3n) is 3.82. The number of ether oxygens (including phenoxy) is 2. The number of nitrogens with one attached hydrogen (secondary N) is 1. The number of carbonyl (C=O) groups excluding carboxylic acids is 1. The Balaban J connectivity index is 1.45. The van der Waals surface area contributed by atoms with Gasteiger partial charge in [-0.3, -0.25) is 9.78 Å². The molecule has 1 N–H and O–H groups in total. The summed E-state index contributed by atoms with van der Waals surface area (Å²) in [6.45, 7) is 0.135. The minimum Gasteiger partial charge on any atom is -0.485 e. The van der Waals surface area contributed by atoms with Gasteiger partial charge in [0.05, 0.1) is 11.9 Å². The molecule has 6 heteroatoms. The minimum atomic E-state index is -0.755. The predicted molar refractivity (Wildman–Crippen MR) is 93.8 cm³/mol. The standard InChI is InChI=1S/C19H15N3O3/c23-19(22-21-11-15-7-3-4-8-20-15)18-12-24-16-9-13-5-1-2-6-14(13)10-17(16)25-18/h1-11,18H,12H2,(H,22,23)/b21-11+/t18-/m1/s1. The van der Waals surface area contributed by atoms with Crippen molar-refractivity contribution in [1.29, 1.82) is 0 Å². The first kappa shape index (κ1) is 15.1. The summed E-state index contributed by atoms with van der Waals surface area (Å²) >= 11 is 0. The van der Waals surface area contributed by atoms with E-state index in [1.54, 1.807) is 12.3 Å². The smallest absolute Gasteiger partial charge is 0.284 e. The Morgan fingerprint density at radius 1 is 1.12 bits per heavy atom. The Kier molecular flexibility index (Phi) is 4.00. The SMILES string of the molecule is O=C(N/N=C/c1ccccn1)[C@H]1COc2cc3ccccc3cc2O1. The van der Waals surface area contributed by atoms with Crippen LogP contribution in [0, 0.1) is 0 Å². The molecular weight excluding hydrogens is 318 g/mol. The minimum absolute atomic E-state index is 0.135. The molecule has 1 aliphatic rings. The van der Waals surface area contributed by atoms with E-state index in [0.717, 1.165) is 10.8 Å². The van der Waals surface area contributed by atoms with Crippen LogP contribution in [0.15, 0.2) is 65.9 Å². The molecular formula is C19H15N3O3. The number of pyridine rings is 1. The fourth-order valence-corrected chi connectivity index (χ4v) is 2.57. The third-order valence-corrected chi connectivity index (χ3v) is 3.82. The van der Waals surface area contributed by atoms with Crippen molar-refractivity contribution in [3.8, 4) is 11.5 Å². The van der Waals surface area contributed by atoms with Gasteiger partial charge in [-0.1, -0.05) is 30.3 Å². The maximum Gasteiger partial charge on any atom is 0.284 e. The van der Waals surface area contributed by atoms with Crippen LogP contribution in [-0.4, -0.2) is 29.8 Å². The number of carbonyl (C=O) groups is 1. The number of fused-ring (bicyclic) bond motifs is 2. The lowest BCUT2D eigenvalue weighted by molar-refractivity contribution is -0.130. The monoisotopic (exact) mass is 333 g/mol. The molecule has 4 rings (SSSR count). The highest BCUT2D eigenvalue weighted by molar-refractivity contribution is 5.87. The zero-order valence-electron chi connectivity index (χ0n) is 13.3. The lowest BCUT2D eigenvalue weighted by atomic mass is 10.1. The molecule has 0 unspecified atom stereocenters. The molecule has 0 radical (unpaired) electrons.